The number of pyridine rings is 1. The Morgan fingerprint density at radius 3 is 2.60 bits per heavy atom. The Balaban J connectivity index is 1.67. The quantitative estimate of drug-likeness (QED) is 0.842. The van der Waals surface area contributed by atoms with Crippen molar-refractivity contribution in [3.63, 3.8) is 0 Å². The molecule has 2 amide bonds. The predicted molar refractivity (Wildman–Crippen MR) is 97.1 cm³/mol. The molecule has 0 radical (unpaired) electrons. The summed E-state index contributed by atoms with van der Waals surface area (Å²) < 4.78 is 0. The molecule has 2 aromatic rings. The van der Waals surface area contributed by atoms with E-state index in [0.717, 1.165) is 24.8 Å². The number of hydrogen-bond acceptors (Lipinski definition) is 3. The van der Waals surface area contributed by atoms with Crippen molar-refractivity contribution < 1.29 is 9.59 Å². The maximum Gasteiger partial charge on any atom is 0.314 e. The number of carbonyl (C=O) groups is 2. The van der Waals surface area contributed by atoms with Gasteiger partial charge < -0.3 is 10.6 Å². The van der Waals surface area contributed by atoms with E-state index >= 15 is 0 Å². The maximum atomic E-state index is 12.2. The molecule has 0 bridgehead atoms. The SMILES string of the molecule is CCC(NC(=O)C(=O)Nc1ccccn1)c1ccc2c(c1)CCCC2. The van der Waals surface area contributed by atoms with Crippen LogP contribution >= 0.6 is 0 Å². The van der Waals surface area contributed by atoms with Crippen molar-refractivity contribution in [1.82, 2.24) is 10.3 Å². The van der Waals surface area contributed by atoms with Gasteiger partial charge in [-0.1, -0.05) is 31.2 Å². The lowest BCUT2D eigenvalue weighted by Gasteiger charge is -2.21. The van der Waals surface area contributed by atoms with Crippen molar-refractivity contribution in [2.75, 3.05) is 5.32 Å². The molecule has 130 valence electrons. The topological polar surface area (TPSA) is 71.1 Å². The second-order valence-electron chi connectivity index (χ2n) is 6.34. The van der Waals surface area contributed by atoms with Gasteiger partial charge in [0, 0.05) is 6.20 Å². The molecule has 1 atom stereocenters. The van der Waals surface area contributed by atoms with Crippen molar-refractivity contribution in [1.29, 1.82) is 0 Å². The largest absolute Gasteiger partial charge is 0.341 e. The minimum absolute atomic E-state index is 0.172. The number of amides is 2. The van der Waals surface area contributed by atoms with Gasteiger partial charge in [-0.3, -0.25) is 9.59 Å². The Hall–Kier alpha value is -2.69. The monoisotopic (exact) mass is 337 g/mol. The molecule has 1 unspecified atom stereocenters. The number of aromatic nitrogens is 1. The number of hydrogen-bond donors (Lipinski definition) is 2. The first-order valence-electron chi connectivity index (χ1n) is 8.82. The number of benzene rings is 1. The minimum atomic E-state index is -0.699. The van der Waals surface area contributed by atoms with Crippen LogP contribution in [-0.2, 0) is 22.4 Å². The molecule has 1 aliphatic carbocycles. The number of nitrogens with zero attached hydrogens (tertiary/aromatic N) is 1. The number of carbonyl (C=O) groups excluding carboxylic acids is 2. The molecular weight excluding hydrogens is 314 g/mol. The zero-order valence-corrected chi connectivity index (χ0v) is 14.4. The average molecular weight is 337 g/mol. The molecule has 5 heteroatoms. The van der Waals surface area contributed by atoms with Gasteiger partial charge in [-0.15, -0.1) is 0 Å². The second kappa shape index (κ2) is 7.92. The molecule has 25 heavy (non-hydrogen) atoms. The number of anilines is 1. The van der Waals surface area contributed by atoms with Crippen molar-refractivity contribution >= 4 is 17.6 Å². The number of aryl methyl sites for hydroxylation is 2. The molecule has 0 aliphatic heterocycles. The number of rotatable bonds is 4. The lowest BCUT2D eigenvalue weighted by molar-refractivity contribution is -0.136. The second-order valence-corrected chi connectivity index (χ2v) is 6.34. The van der Waals surface area contributed by atoms with Crippen LogP contribution in [0.25, 0.3) is 0 Å². The summed E-state index contributed by atoms with van der Waals surface area (Å²) >= 11 is 0. The minimum Gasteiger partial charge on any atom is -0.341 e. The fraction of sp³-hybridized carbons (Fsp3) is 0.350. The molecule has 1 aromatic carbocycles. The van der Waals surface area contributed by atoms with Gasteiger partial charge in [0.2, 0.25) is 0 Å². The van der Waals surface area contributed by atoms with E-state index in [0.29, 0.717) is 5.82 Å². The molecule has 1 heterocycles. The van der Waals surface area contributed by atoms with Gasteiger partial charge >= 0.3 is 11.8 Å². The van der Waals surface area contributed by atoms with E-state index in [2.05, 4.69) is 33.8 Å². The summed E-state index contributed by atoms with van der Waals surface area (Å²) in [5.41, 5.74) is 3.83. The Morgan fingerprint density at radius 2 is 1.88 bits per heavy atom. The molecule has 2 N–H and O–H groups in total. The summed E-state index contributed by atoms with van der Waals surface area (Å²) in [5.74, 6) is -0.977. The summed E-state index contributed by atoms with van der Waals surface area (Å²) in [7, 11) is 0. The Labute approximate surface area is 147 Å². The van der Waals surface area contributed by atoms with Gasteiger partial charge in [0.05, 0.1) is 6.04 Å². The van der Waals surface area contributed by atoms with Crippen LogP contribution in [0.2, 0.25) is 0 Å². The molecule has 5 nitrogen and oxygen atoms in total. The normalized spacial score (nSPS) is 14.3. The molecule has 0 fully saturated rings. The molecule has 3 rings (SSSR count). The Kier molecular flexibility index (Phi) is 5.43. The van der Waals surface area contributed by atoms with E-state index < -0.39 is 11.8 Å². The molecule has 0 spiro atoms. The van der Waals surface area contributed by atoms with E-state index in [1.54, 1.807) is 24.4 Å². The molecule has 1 aliphatic rings. The lowest BCUT2D eigenvalue weighted by Crippen LogP contribution is -2.37. The van der Waals surface area contributed by atoms with E-state index in [9.17, 15) is 9.59 Å². The van der Waals surface area contributed by atoms with Crippen LogP contribution < -0.4 is 10.6 Å². The zero-order chi connectivity index (χ0) is 17.6. The van der Waals surface area contributed by atoms with Crippen LogP contribution in [0.3, 0.4) is 0 Å². The molecule has 0 saturated carbocycles. The third kappa shape index (κ3) is 4.24. The Bertz CT molecular complexity index is 759. The summed E-state index contributed by atoms with van der Waals surface area (Å²) in [6.07, 6.45) is 6.97. The van der Waals surface area contributed by atoms with Crippen molar-refractivity contribution in [2.24, 2.45) is 0 Å². The summed E-state index contributed by atoms with van der Waals surface area (Å²) in [6.45, 7) is 2.00. The van der Waals surface area contributed by atoms with Crippen LogP contribution in [0.15, 0.2) is 42.6 Å². The standard InChI is InChI=1S/C20H23N3O2/c1-2-17(16-11-10-14-7-3-4-8-15(14)13-16)22-19(24)20(25)23-18-9-5-6-12-21-18/h5-6,9-13,17H,2-4,7-8H2,1H3,(H,22,24)(H,21,23,25). The summed E-state index contributed by atoms with van der Waals surface area (Å²) in [5, 5.41) is 5.34. The van der Waals surface area contributed by atoms with Gasteiger partial charge in [0.25, 0.3) is 0 Å². The lowest BCUT2D eigenvalue weighted by atomic mass is 9.89. The van der Waals surface area contributed by atoms with Gasteiger partial charge in [-0.25, -0.2) is 4.98 Å². The van der Waals surface area contributed by atoms with Gasteiger partial charge in [0.1, 0.15) is 5.82 Å². The molecule has 0 saturated heterocycles. The third-order valence-corrected chi connectivity index (χ3v) is 4.60. The van der Waals surface area contributed by atoms with Crippen LogP contribution in [0.5, 0.6) is 0 Å². The van der Waals surface area contributed by atoms with Crippen molar-refractivity contribution in [2.45, 2.75) is 45.1 Å². The molecular formula is C20H23N3O2. The van der Waals surface area contributed by atoms with E-state index in [-0.39, 0.29) is 6.04 Å². The first kappa shape index (κ1) is 17.1. The third-order valence-electron chi connectivity index (χ3n) is 4.60. The van der Waals surface area contributed by atoms with Crippen LogP contribution in [0.1, 0.15) is 48.9 Å². The highest BCUT2D eigenvalue weighted by Gasteiger charge is 2.20. The van der Waals surface area contributed by atoms with Gasteiger partial charge in [0.15, 0.2) is 0 Å². The Morgan fingerprint density at radius 1 is 1.08 bits per heavy atom. The number of nitrogens with one attached hydrogen (secondary N) is 2. The van der Waals surface area contributed by atoms with Crippen molar-refractivity contribution in [3.05, 3.63) is 59.3 Å². The van der Waals surface area contributed by atoms with Crippen LogP contribution in [-0.4, -0.2) is 16.8 Å². The van der Waals surface area contributed by atoms with E-state index in [1.807, 2.05) is 6.92 Å². The zero-order valence-electron chi connectivity index (χ0n) is 14.4. The van der Waals surface area contributed by atoms with Gasteiger partial charge in [-0.2, -0.15) is 0 Å². The van der Waals surface area contributed by atoms with Crippen LogP contribution in [0, 0.1) is 0 Å². The van der Waals surface area contributed by atoms with E-state index in [1.165, 1.54) is 24.0 Å². The first-order chi connectivity index (χ1) is 12.2. The van der Waals surface area contributed by atoms with Crippen LogP contribution in [0.4, 0.5) is 5.82 Å². The fourth-order valence-electron chi connectivity index (χ4n) is 3.22. The smallest absolute Gasteiger partial charge is 0.314 e. The first-order valence-corrected chi connectivity index (χ1v) is 8.82. The highest BCUT2D eigenvalue weighted by Crippen LogP contribution is 2.26. The van der Waals surface area contributed by atoms with Crippen molar-refractivity contribution in [3.8, 4) is 0 Å². The van der Waals surface area contributed by atoms with E-state index in [4.69, 9.17) is 0 Å². The maximum absolute atomic E-state index is 12.2. The summed E-state index contributed by atoms with van der Waals surface area (Å²) in [4.78, 5) is 28.3. The summed E-state index contributed by atoms with van der Waals surface area (Å²) in [6, 6.07) is 11.4. The molecule has 1 aromatic heterocycles. The number of fused-ring (bicyclic) bond motifs is 1. The predicted octanol–water partition coefficient (Wildman–Crippen LogP) is 3.17. The van der Waals surface area contributed by atoms with Gasteiger partial charge in [-0.05, 0) is 60.9 Å². The highest BCUT2D eigenvalue weighted by atomic mass is 16.2. The fourth-order valence-corrected chi connectivity index (χ4v) is 3.22. The average Bonchev–Trinajstić information content (AvgIpc) is 2.66. The highest BCUT2D eigenvalue weighted by molar-refractivity contribution is 6.39.